The van der Waals surface area contributed by atoms with E-state index in [1.54, 1.807) is 24.3 Å². The van der Waals surface area contributed by atoms with Gasteiger partial charge in [0, 0.05) is 10.0 Å². The van der Waals surface area contributed by atoms with Gasteiger partial charge in [-0.3, -0.25) is 4.68 Å². The van der Waals surface area contributed by atoms with Crippen LogP contribution < -0.4 is 0 Å². The number of nitrogens with zero attached hydrogens (tertiary/aromatic N) is 2. The van der Waals surface area contributed by atoms with Gasteiger partial charge >= 0.3 is 6.18 Å². The van der Waals surface area contributed by atoms with Crippen molar-refractivity contribution in [1.82, 2.24) is 9.78 Å². The molecule has 0 N–H and O–H groups in total. The highest BCUT2D eigenvalue weighted by Gasteiger charge is 2.37. The van der Waals surface area contributed by atoms with Crippen molar-refractivity contribution in [2.45, 2.75) is 18.6 Å². The van der Waals surface area contributed by atoms with Gasteiger partial charge < -0.3 is 0 Å². The molecule has 0 aliphatic rings. The molecule has 2 rings (SSSR count). The van der Waals surface area contributed by atoms with Crippen LogP contribution in [0.3, 0.4) is 0 Å². The van der Waals surface area contributed by atoms with Crippen LogP contribution in [0.25, 0.3) is 0 Å². The fourth-order valence-corrected chi connectivity index (χ4v) is 2.36. The van der Waals surface area contributed by atoms with Crippen LogP contribution in [-0.2, 0) is 18.6 Å². The van der Waals surface area contributed by atoms with Gasteiger partial charge in [0.25, 0.3) is 0 Å². The number of halogens is 5. The molecule has 2 aromatic rings. The zero-order valence-electron chi connectivity index (χ0n) is 9.59. The molecule has 0 radical (unpaired) electrons. The summed E-state index contributed by atoms with van der Waals surface area (Å²) in [5, 5.41) is 3.78. The van der Waals surface area contributed by atoms with Crippen LogP contribution in [-0.4, -0.2) is 9.78 Å². The Morgan fingerprint density at radius 1 is 1.21 bits per heavy atom. The average molecular weight is 354 g/mol. The SMILES string of the molecule is FC(F)(F)c1c(CCl)cnn1Cc1ccccc1Br. The molecule has 0 amide bonds. The molecule has 0 spiro atoms. The smallest absolute Gasteiger partial charge is 0.256 e. The standard InChI is InChI=1S/C12H9BrClF3N2/c13-10-4-2-1-3-8(10)7-19-11(12(15,16)17)9(5-14)6-18-19/h1-4,6H,5,7H2. The Hall–Kier alpha value is -1.01. The Bertz CT molecular complexity index is 581. The lowest BCUT2D eigenvalue weighted by Crippen LogP contribution is -2.17. The summed E-state index contributed by atoms with van der Waals surface area (Å²) in [6.07, 6.45) is -3.31. The third-order valence-electron chi connectivity index (χ3n) is 2.61. The topological polar surface area (TPSA) is 17.8 Å². The minimum Gasteiger partial charge on any atom is -0.256 e. The van der Waals surface area contributed by atoms with Crippen LogP contribution in [0, 0.1) is 0 Å². The number of alkyl halides is 4. The molecule has 1 aromatic heterocycles. The van der Waals surface area contributed by atoms with E-state index in [0.29, 0.717) is 0 Å². The monoisotopic (exact) mass is 352 g/mol. The van der Waals surface area contributed by atoms with E-state index in [9.17, 15) is 13.2 Å². The van der Waals surface area contributed by atoms with Crippen molar-refractivity contribution in [3.63, 3.8) is 0 Å². The minimum absolute atomic E-state index is 0.0128. The molecule has 0 aliphatic carbocycles. The highest BCUT2D eigenvalue weighted by Crippen LogP contribution is 2.33. The summed E-state index contributed by atoms with van der Waals surface area (Å²) >= 11 is 8.83. The number of aromatic nitrogens is 2. The summed E-state index contributed by atoms with van der Waals surface area (Å²) in [6, 6.07) is 7.08. The second-order valence-corrected chi connectivity index (χ2v) is 5.02. The molecule has 7 heteroatoms. The first kappa shape index (κ1) is 14.4. The van der Waals surface area contributed by atoms with Gasteiger partial charge in [-0.2, -0.15) is 18.3 Å². The predicted octanol–water partition coefficient (Wildman–Crippen LogP) is 4.45. The first-order chi connectivity index (χ1) is 8.93. The van der Waals surface area contributed by atoms with Crippen LogP contribution in [0.15, 0.2) is 34.9 Å². The van der Waals surface area contributed by atoms with Crippen molar-refractivity contribution in [1.29, 1.82) is 0 Å². The van der Waals surface area contributed by atoms with E-state index < -0.39 is 11.9 Å². The van der Waals surface area contributed by atoms with Crippen molar-refractivity contribution >= 4 is 27.5 Å². The van der Waals surface area contributed by atoms with Crippen LogP contribution in [0.4, 0.5) is 13.2 Å². The molecule has 1 aromatic carbocycles. The van der Waals surface area contributed by atoms with E-state index in [0.717, 1.165) is 20.9 Å². The van der Waals surface area contributed by atoms with Crippen molar-refractivity contribution in [3.8, 4) is 0 Å². The molecule has 0 bridgehead atoms. The van der Waals surface area contributed by atoms with Gasteiger partial charge in [0.15, 0.2) is 0 Å². The predicted molar refractivity (Wildman–Crippen MR) is 70.0 cm³/mol. The summed E-state index contributed by atoms with van der Waals surface area (Å²) in [4.78, 5) is 0. The Balaban J connectivity index is 2.42. The van der Waals surface area contributed by atoms with Gasteiger partial charge in [-0.25, -0.2) is 0 Å². The van der Waals surface area contributed by atoms with Crippen molar-refractivity contribution in [3.05, 3.63) is 51.8 Å². The summed E-state index contributed by atoms with van der Waals surface area (Å²) < 4.78 is 40.7. The molecular formula is C12H9BrClF3N2. The number of hydrogen-bond donors (Lipinski definition) is 0. The fraction of sp³-hybridized carbons (Fsp3) is 0.250. The summed E-state index contributed by atoms with van der Waals surface area (Å²) in [5.41, 5.74) is -0.0864. The van der Waals surface area contributed by atoms with Crippen LogP contribution in [0.2, 0.25) is 0 Å². The number of rotatable bonds is 3. The number of benzene rings is 1. The molecule has 0 aliphatic heterocycles. The minimum atomic E-state index is -4.47. The molecule has 102 valence electrons. The summed E-state index contributed by atoms with van der Waals surface area (Å²) in [6.45, 7) is 0.0349. The lowest BCUT2D eigenvalue weighted by Gasteiger charge is -2.12. The molecule has 0 unspecified atom stereocenters. The zero-order chi connectivity index (χ0) is 14.0. The summed E-state index contributed by atoms with van der Waals surface area (Å²) in [5.74, 6) is -0.217. The maximum absolute atomic E-state index is 13.0. The molecule has 0 saturated heterocycles. The Morgan fingerprint density at radius 3 is 2.47 bits per heavy atom. The molecular weight excluding hydrogens is 344 g/mol. The quantitative estimate of drug-likeness (QED) is 0.745. The Labute approximate surface area is 121 Å². The van der Waals surface area contributed by atoms with Crippen molar-refractivity contribution in [2.75, 3.05) is 0 Å². The third kappa shape index (κ3) is 3.12. The van der Waals surface area contributed by atoms with Gasteiger partial charge in [0.1, 0.15) is 5.69 Å². The van der Waals surface area contributed by atoms with Gasteiger partial charge in [0.05, 0.1) is 18.6 Å². The zero-order valence-corrected chi connectivity index (χ0v) is 11.9. The highest BCUT2D eigenvalue weighted by atomic mass is 79.9. The Kier molecular flexibility index (Phi) is 4.20. The lowest BCUT2D eigenvalue weighted by atomic mass is 10.2. The van der Waals surface area contributed by atoms with E-state index >= 15 is 0 Å². The maximum atomic E-state index is 13.0. The maximum Gasteiger partial charge on any atom is 0.433 e. The van der Waals surface area contributed by atoms with Crippen molar-refractivity contribution < 1.29 is 13.2 Å². The van der Waals surface area contributed by atoms with Gasteiger partial charge in [-0.1, -0.05) is 34.1 Å². The second-order valence-electron chi connectivity index (χ2n) is 3.90. The normalized spacial score (nSPS) is 11.8. The molecule has 0 fully saturated rings. The molecule has 0 saturated carbocycles. The molecule has 2 nitrogen and oxygen atoms in total. The van der Waals surface area contributed by atoms with Gasteiger partial charge in [0.2, 0.25) is 0 Å². The first-order valence-corrected chi connectivity index (χ1v) is 6.67. The Morgan fingerprint density at radius 2 is 1.89 bits per heavy atom. The number of hydrogen-bond acceptors (Lipinski definition) is 1. The van der Waals surface area contributed by atoms with E-state index in [2.05, 4.69) is 21.0 Å². The van der Waals surface area contributed by atoms with Gasteiger partial charge in [-0.15, -0.1) is 11.6 Å². The average Bonchev–Trinajstić information content (AvgIpc) is 2.75. The molecule has 0 atom stereocenters. The van der Waals surface area contributed by atoms with E-state index in [-0.39, 0.29) is 18.0 Å². The van der Waals surface area contributed by atoms with E-state index in [1.165, 1.54) is 0 Å². The van der Waals surface area contributed by atoms with E-state index in [4.69, 9.17) is 11.6 Å². The second kappa shape index (κ2) is 5.54. The summed E-state index contributed by atoms with van der Waals surface area (Å²) in [7, 11) is 0. The first-order valence-electron chi connectivity index (χ1n) is 5.34. The van der Waals surface area contributed by atoms with Crippen LogP contribution in [0.5, 0.6) is 0 Å². The van der Waals surface area contributed by atoms with Gasteiger partial charge in [-0.05, 0) is 11.6 Å². The molecule has 19 heavy (non-hydrogen) atoms. The van der Waals surface area contributed by atoms with Crippen LogP contribution >= 0.6 is 27.5 Å². The fourth-order valence-electron chi connectivity index (χ4n) is 1.76. The van der Waals surface area contributed by atoms with Crippen molar-refractivity contribution in [2.24, 2.45) is 0 Å². The molecule has 1 heterocycles. The van der Waals surface area contributed by atoms with E-state index in [1.807, 2.05) is 0 Å². The lowest BCUT2D eigenvalue weighted by molar-refractivity contribution is -0.144. The highest BCUT2D eigenvalue weighted by molar-refractivity contribution is 9.10. The largest absolute Gasteiger partial charge is 0.433 e. The van der Waals surface area contributed by atoms with Crippen LogP contribution in [0.1, 0.15) is 16.8 Å². The third-order valence-corrected chi connectivity index (χ3v) is 3.67.